The maximum atomic E-state index is 10.0. The Balaban J connectivity index is 0. The van der Waals surface area contributed by atoms with Crippen LogP contribution in [0.1, 0.15) is 40.5 Å². The van der Waals surface area contributed by atoms with Crippen LogP contribution in [0.25, 0.3) is 0 Å². The van der Waals surface area contributed by atoms with E-state index >= 15 is 0 Å². The first kappa shape index (κ1) is 21.5. The van der Waals surface area contributed by atoms with Crippen LogP contribution >= 0.6 is 0 Å². The highest BCUT2D eigenvalue weighted by atomic mass is 19.5. The van der Waals surface area contributed by atoms with E-state index in [4.69, 9.17) is 0 Å². The van der Waals surface area contributed by atoms with Gasteiger partial charge in [0.1, 0.15) is 0 Å². The first-order valence-corrected chi connectivity index (χ1v) is 7.02. The summed E-state index contributed by atoms with van der Waals surface area (Å²) in [6.07, 6.45) is 1.54. The molecule has 0 amide bonds. The summed E-state index contributed by atoms with van der Waals surface area (Å²) >= 11 is 0. The van der Waals surface area contributed by atoms with Crippen molar-refractivity contribution in [2.75, 3.05) is 32.8 Å². The third-order valence-corrected chi connectivity index (χ3v) is 3.47. The average Bonchev–Trinajstić information content (AvgIpc) is 2.83. The standard InChI is InChI=1S/C8H20N.C4H6O2.BF4/c1-5-9(6-2,7-3)8-4;5-4-2-1-3-6-4;2-1(3,4)5/h5-8H2,1-4H3;1-3H2;/q+1;;-1. The molecule has 0 aromatic carbocycles. The summed E-state index contributed by atoms with van der Waals surface area (Å²) < 4.78 is 44.8. The third kappa shape index (κ3) is 13.6. The molecule has 0 N–H and O–H groups in total. The SMILES string of the molecule is CC[N+](CC)(CC)CC.F[B-](F)(F)F.O=C1CCCO1. The molecule has 0 radical (unpaired) electrons. The minimum atomic E-state index is -6.00. The van der Waals surface area contributed by atoms with Crippen LogP contribution in [0, 0.1) is 0 Å². The molecule has 8 heteroatoms. The lowest BCUT2D eigenvalue weighted by atomic mass is 10.3. The van der Waals surface area contributed by atoms with E-state index in [0.29, 0.717) is 13.0 Å². The van der Waals surface area contributed by atoms with Gasteiger partial charge in [-0.25, -0.2) is 0 Å². The number of hydrogen-bond acceptors (Lipinski definition) is 2. The Bertz CT molecular complexity index is 227. The molecule has 1 heterocycles. The molecule has 122 valence electrons. The molecule has 0 atom stereocenters. The van der Waals surface area contributed by atoms with Crippen molar-refractivity contribution in [3.8, 4) is 0 Å². The van der Waals surface area contributed by atoms with E-state index in [-0.39, 0.29) is 5.97 Å². The summed E-state index contributed by atoms with van der Waals surface area (Å²) in [5.41, 5.74) is 0. The number of carbonyl (C=O) groups excluding carboxylic acids is 1. The molecule has 0 bridgehead atoms. The fourth-order valence-corrected chi connectivity index (χ4v) is 1.82. The molecule has 0 aliphatic carbocycles. The van der Waals surface area contributed by atoms with Crippen LogP contribution < -0.4 is 0 Å². The Morgan fingerprint density at radius 2 is 1.35 bits per heavy atom. The monoisotopic (exact) mass is 303 g/mol. The van der Waals surface area contributed by atoms with Gasteiger partial charge in [-0.15, -0.1) is 0 Å². The number of carbonyl (C=O) groups is 1. The van der Waals surface area contributed by atoms with Gasteiger partial charge >= 0.3 is 13.2 Å². The van der Waals surface area contributed by atoms with Crippen LogP contribution in [-0.2, 0) is 9.53 Å². The van der Waals surface area contributed by atoms with Gasteiger partial charge in [0, 0.05) is 6.42 Å². The van der Waals surface area contributed by atoms with Gasteiger partial charge in [0.25, 0.3) is 0 Å². The fourth-order valence-electron chi connectivity index (χ4n) is 1.82. The molecule has 3 nitrogen and oxygen atoms in total. The molecule has 1 aliphatic heterocycles. The molecule has 1 rings (SSSR count). The fraction of sp³-hybridized carbons (Fsp3) is 0.917. The molecule has 1 saturated heterocycles. The lowest BCUT2D eigenvalue weighted by molar-refractivity contribution is -0.921. The zero-order valence-electron chi connectivity index (χ0n) is 12.8. The zero-order chi connectivity index (χ0) is 16.2. The predicted octanol–water partition coefficient (Wildman–Crippen LogP) is 3.51. The van der Waals surface area contributed by atoms with E-state index in [9.17, 15) is 22.1 Å². The van der Waals surface area contributed by atoms with E-state index in [1.807, 2.05) is 0 Å². The molecule has 0 saturated carbocycles. The number of halogens is 4. The Kier molecular flexibility index (Phi) is 11.8. The van der Waals surface area contributed by atoms with Crippen LogP contribution in [-0.4, -0.2) is 50.5 Å². The number of cyclic esters (lactones) is 1. The molecule has 1 aliphatic rings. The maximum absolute atomic E-state index is 10.0. The van der Waals surface area contributed by atoms with E-state index in [1.165, 1.54) is 30.7 Å². The van der Waals surface area contributed by atoms with E-state index in [2.05, 4.69) is 32.4 Å². The van der Waals surface area contributed by atoms with Gasteiger partial charge in [0.2, 0.25) is 0 Å². The second kappa shape index (κ2) is 10.9. The van der Waals surface area contributed by atoms with Crippen molar-refractivity contribution in [1.82, 2.24) is 0 Å². The number of rotatable bonds is 4. The van der Waals surface area contributed by atoms with Gasteiger partial charge in [-0.2, -0.15) is 0 Å². The summed E-state index contributed by atoms with van der Waals surface area (Å²) in [5.74, 6) is -0.0463. The number of esters is 1. The lowest BCUT2D eigenvalue weighted by Crippen LogP contribution is -2.47. The minimum Gasteiger partial charge on any atom is -0.466 e. The van der Waals surface area contributed by atoms with Crippen LogP contribution in [0.15, 0.2) is 0 Å². The topological polar surface area (TPSA) is 26.3 Å². The van der Waals surface area contributed by atoms with Crippen LogP contribution in [0.2, 0.25) is 0 Å². The Labute approximate surface area is 119 Å². The average molecular weight is 303 g/mol. The summed E-state index contributed by atoms with van der Waals surface area (Å²) in [4.78, 5) is 10.0. The van der Waals surface area contributed by atoms with Gasteiger partial charge in [-0.1, -0.05) is 0 Å². The van der Waals surface area contributed by atoms with Crippen LogP contribution in [0.3, 0.4) is 0 Å². The summed E-state index contributed by atoms with van der Waals surface area (Å²) in [6, 6.07) is 0. The first-order valence-electron chi connectivity index (χ1n) is 7.02. The third-order valence-electron chi connectivity index (χ3n) is 3.47. The van der Waals surface area contributed by atoms with E-state index in [1.54, 1.807) is 0 Å². The van der Waals surface area contributed by atoms with Crippen molar-refractivity contribution >= 4 is 13.2 Å². The highest BCUT2D eigenvalue weighted by Gasteiger charge is 2.20. The molecular weight excluding hydrogens is 277 g/mol. The normalized spacial score (nSPS) is 14.7. The number of hydrogen-bond donors (Lipinski definition) is 0. The molecule has 0 aromatic rings. The van der Waals surface area contributed by atoms with Gasteiger partial charge < -0.3 is 26.5 Å². The van der Waals surface area contributed by atoms with Crippen molar-refractivity contribution in [3.63, 3.8) is 0 Å². The second-order valence-electron chi connectivity index (χ2n) is 4.43. The largest absolute Gasteiger partial charge is 0.673 e. The quantitative estimate of drug-likeness (QED) is 0.344. The minimum absolute atomic E-state index is 0.0463. The summed E-state index contributed by atoms with van der Waals surface area (Å²) in [7, 11) is -6.00. The molecule has 20 heavy (non-hydrogen) atoms. The highest BCUT2D eigenvalue weighted by Crippen LogP contribution is 2.06. The predicted molar refractivity (Wildman–Crippen MR) is 72.8 cm³/mol. The Morgan fingerprint density at radius 1 is 1.00 bits per heavy atom. The van der Waals surface area contributed by atoms with E-state index in [0.717, 1.165) is 6.42 Å². The van der Waals surface area contributed by atoms with Gasteiger partial charge in [-0.3, -0.25) is 4.79 Å². The molecule has 0 unspecified atom stereocenters. The Hall–Kier alpha value is -0.785. The first-order chi connectivity index (χ1) is 9.14. The van der Waals surface area contributed by atoms with Crippen LogP contribution in [0.4, 0.5) is 17.3 Å². The lowest BCUT2D eigenvalue weighted by Gasteiger charge is -2.34. The van der Waals surface area contributed by atoms with Crippen molar-refractivity contribution in [2.45, 2.75) is 40.5 Å². The number of quaternary nitrogens is 1. The number of ether oxygens (including phenoxy) is 1. The van der Waals surface area contributed by atoms with Crippen LogP contribution in [0.5, 0.6) is 0 Å². The highest BCUT2D eigenvalue weighted by molar-refractivity contribution is 6.50. The van der Waals surface area contributed by atoms with Gasteiger partial charge in [0.15, 0.2) is 0 Å². The van der Waals surface area contributed by atoms with Crippen molar-refractivity contribution in [1.29, 1.82) is 0 Å². The zero-order valence-corrected chi connectivity index (χ0v) is 12.8. The number of nitrogens with zero attached hydrogens (tertiary/aromatic N) is 1. The Morgan fingerprint density at radius 3 is 1.40 bits per heavy atom. The smallest absolute Gasteiger partial charge is 0.466 e. The van der Waals surface area contributed by atoms with Gasteiger partial charge in [0.05, 0.1) is 32.8 Å². The maximum Gasteiger partial charge on any atom is 0.673 e. The van der Waals surface area contributed by atoms with Gasteiger partial charge in [-0.05, 0) is 34.1 Å². The molecule has 0 aromatic heterocycles. The van der Waals surface area contributed by atoms with Crippen molar-refractivity contribution < 1.29 is 31.3 Å². The second-order valence-corrected chi connectivity index (χ2v) is 4.43. The summed E-state index contributed by atoms with van der Waals surface area (Å²) in [5, 5.41) is 0. The molecule has 1 fully saturated rings. The molecule has 0 spiro atoms. The molecular formula is C12H26BF4NO2. The van der Waals surface area contributed by atoms with Crippen molar-refractivity contribution in [3.05, 3.63) is 0 Å². The summed E-state index contributed by atoms with van der Waals surface area (Å²) in [6.45, 7) is 14.9. The van der Waals surface area contributed by atoms with Crippen molar-refractivity contribution in [2.24, 2.45) is 0 Å². The van der Waals surface area contributed by atoms with E-state index < -0.39 is 7.25 Å².